The van der Waals surface area contributed by atoms with Crippen LogP contribution in [0.3, 0.4) is 0 Å². The van der Waals surface area contributed by atoms with Gasteiger partial charge in [0.15, 0.2) is 0 Å². The maximum atomic E-state index is 12.5. The molecule has 356 valence electrons. The van der Waals surface area contributed by atoms with Crippen molar-refractivity contribution in [2.24, 2.45) is 0 Å². The highest BCUT2D eigenvalue weighted by Crippen LogP contribution is 2.17. The van der Waals surface area contributed by atoms with E-state index in [-0.39, 0.29) is 18.5 Å². The average Bonchev–Trinajstić information content (AvgIpc) is 3.25. The average molecular weight is 848 g/mol. The fourth-order valence-electron chi connectivity index (χ4n) is 8.40. The highest BCUT2D eigenvalue weighted by Gasteiger charge is 2.20. The predicted octanol–water partition coefficient (Wildman–Crippen LogP) is 16.1. The number of hydrogen-bond donors (Lipinski definition) is 3. The van der Waals surface area contributed by atoms with E-state index >= 15 is 0 Å². The van der Waals surface area contributed by atoms with Crippen LogP contribution in [0.2, 0.25) is 0 Å². The molecule has 0 aliphatic rings. The van der Waals surface area contributed by atoms with Gasteiger partial charge in [-0.05, 0) is 51.4 Å². The predicted molar refractivity (Wildman–Crippen MR) is 260 cm³/mol. The van der Waals surface area contributed by atoms with Crippen LogP contribution >= 0.6 is 0 Å². The molecule has 2 atom stereocenters. The minimum atomic E-state index is -0.679. The minimum Gasteiger partial charge on any atom is -0.466 e. The van der Waals surface area contributed by atoms with Gasteiger partial charge in [-0.3, -0.25) is 9.59 Å². The van der Waals surface area contributed by atoms with E-state index in [1.807, 2.05) is 0 Å². The number of allylic oxidation sites excluding steroid dienone is 2. The monoisotopic (exact) mass is 848 g/mol. The van der Waals surface area contributed by atoms with E-state index in [1.165, 1.54) is 205 Å². The van der Waals surface area contributed by atoms with Gasteiger partial charge in [-0.15, -0.1) is 0 Å². The van der Waals surface area contributed by atoms with Crippen molar-refractivity contribution in [1.29, 1.82) is 0 Å². The van der Waals surface area contributed by atoms with Crippen molar-refractivity contribution in [2.75, 3.05) is 13.2 Å². The second kappa shape index (κ2) is 50.2. The van der Waals surface area contributed by atoms with Crippen LogP contribution in [0, 0.1) is 0 Å². The topological polar surface area (TPSA) is 95.9 Å². The van der Waals surface area contributed by atoms with Crippen LogP contribution in [0.15, 0.2) is 12.2 Å². The van der Waals surface area contributed by atoms with Crippen molar-refractivity contribution in [1.82, 2.24) is 5.32 Å². The zero-order valence-electron chi connectivity index (χ0n) is 40.5. The second-order valence-electron chi connectivity index (χ2n) is 18.6. The molecule has 0 radical (unpaired) electrons. The molecule has 0 aromatic carbocycles. The first-order chi connectivity index (χ1) is 29.5. The summed E-state index contributed by atoms with van der Waals surface area (Å²) in [5.41, 5.74) is 0. The molecule has 0 bridgehead atoms. The molecular formula is C54H105NO5. The van der Waals surface area contributed by atoms with Crippen molar-refractivity contribution in [3.05, 3.63) is 12.2 Å². The van der Waals surface area contributed by atoms with E-state index < -0.39 is 12.1 Å². The Labute approximate surface area is 374 Å². The molecule has 6 nitrogen and oxygen atoms in total. The quantitative estimate of drug-likeness (QED) is 0.0322. The molecule has 3 N–H and O–H groups in total. The zero-order valence-corrected chi connectivity index (χ0v) is 40.5. The summed E-state index contributed by atoms with van der Waals surface area (Å²) in [5.74, 6) is -0.0829. The molecule has 0 spiro atoms. The van der Waals surface area contributed by atoms with Gasteiger partial charge in [0.1, 0.15) is 0 Å². The van der Waals surface area contributed by atoms with Crippen LogP contribution in [0.5, 0.6) is 0 Å². The van der Waals surface area contributed by atoms with E-state index in [1.54, 1.807) is 0 Å². The van der Waals surface area contributed by atoms with Crippen molar-refractivity contribution >= 4 is 11.9 Å². The van der Waals surface area contributed by atoms with Crippen LogP contribution in [-0.4, -0.2) is 47.4 Å². The molecule has 0 saturated carbocycles. The summed E-state index contributed by atoms with van der Waals surface area (Å²) in [4.78, 5) is 24.5. The lowest BCUT2D eigenvalue weighted by Crippen LogP contribution is -2.45. The van der Waals surface area contributed by atoms with E-state index in [2.05, 4.69) is 31.3 Å². The normalized spacial score (nSPS) is 12.7. The lowest BCUT2D eigenvalue weighted by molar-refractivity contribution is -0.143. The van der Waals surface area contributed by atoms with Crippen LogP contribution in [-0.2, 0) is 14.3 Å². The van der Waals surface area contributed by atoms with Gasteiger partial charge in [-0.2, -0.15) is 0 Å². The number of esters is 1. The summed E-state index contributed by atoms with van der Waals surface area (Å²) in [6.45, 7) is 4.90. The Kier molecular flexibility index (Phi) is 49.1. The Balaban J connectivity index is 3.48. The van der Waals surface area contributed by atoms with Crippen LogP contribution in [0.25, 0.3) is 0 Å². The largest absolute Gasteiger partial charge is 0.466 e. The summed E-state index contributed by atoms with van der Waals surface area (Å²) < 4.78 is 5.44. The van der Waals surface area contributed by atoms with Gasteiger partial charge in [0, 0.05) is 12.8 Å². The Hall–Kier alpha value is -1.40. The Morgan fingerprint density at radius 3 is 1.20 bits per heavy atom. The maximum absolute atomic E-state index is 12.5. The summed E-state index contributed by atoms with van der Waals surface area (Å²) in [7, 11) is 0. The molecule has 0 aliphatic heterocycles. The second-order valence-corrected chi connectivity index (χ2v) is 18.6. The number of carbonyl (C=O) groups excluding carboxylic acids is 2. The third-order valence-corrected chi connectivity index (χ3v) is 12.6. The van der Waals surface area contributed by atoms with Gasteiger partial charge in [0.2, 0.25) is 5.91 Å². The number of rotatable bonds is 50. The van der Waals surface area contributed by atoms with Gasteiger partial charge < -0.3 is 20.3 Å². The summed E-state index contributed by atoms with van der Waals surface area (Å²) >= 11 is 0. The van der Waals surface area contributed by atoms with Gasteiger partial charge >= 0.3 is 5.97 Å². The number of hydrogen-bond acceptors (Lipinski definition) is 5. The molecule has 0 fully saturated rings. The maximum Gasteiger partial charge on any atom is 0.305 e. The highest BCUT2D eigenvalue weighted by molar-refractivity contribution is 5.76. The Morgan fingerprint density at radius 2 is 0.783 bits per heavy atom. The van der Waals surface area contributed by atoms with Gasteiger partial charge in [-0.25, -0.2) is 0 Å². The first-order valence-corrected chi connectivity index (χ1v) is 26.9. The smallest absolute Gasteiger partial charge is 0.305 e. The van der Waals surface area contributed by atoms with E-state index in [9.17, 15) is 19.8 Å². The van der Waals surface area contributed by atoms with Crippen LogP contribution < -0.4 is 5.32 Å². The van der Waals surface area contributed by atoms with E-state index in [4.69, 9.17) is 4.74 Å². The molecule has 6 heteroatoms. The number of amides is 1. The molecule has 0 aromatic heterocycles. The summed E-state index contributed by atoms with van der Waals surface area (Å²) in [6.07, 6.45) is 57.5. The third-order valence-electron chi connectivity index (χ3n) is 12.6. The summed E-state index contributed by atoms with van der Waals surface area (Å²) in [5, 5.41) is 23.3. The summed E-state index contributed by atoms with van der Waals surface area (Å²) in [6, 6.07) is -0.558. The van der Waals surface area contributed by atoms with Crippen LogP contribution in [0.4, 0.5) is 0 Å². The number of nitrogens with one attached hydrogen (secondary N) is 1. The number of aliphatic hydroxyl groups excluding tert-OH is 2. The van der Waals surface area contributed by atoms with Crippen molar-refractivity contribution in [2.45, 2.75) is 309 Å². The number of ether oxygens (including phenoxy) is 1. The number of unbranched alkanes of at least 4 members (excludes halogenated alkanes) is 37. The number of aliphatic hydroxyl groups is 2. The van der Waals surface area contributed by atoms with Gasteiger partial charge in [0.05, 0.1) is 25.4 Å². The molecule has 0 rings (SSSR count). The third kappa shape index (κ3) is 46.1. The fraction of sp³-hybridized carbons (Fsp3) is 0.926. The SMILES string of the molecule is CCCCCC/C=C\CCCCCCCC(=O)OCCCCCCCCCCCCC(=O)NC(CO)C(O)CCCCCCCCCCCCCCCCCCCCCC. The van der Waals surface area contributed by atoms with Crippen molar-refractivity contribution in [3.8, 4) is 0 Å². The molecule has 60 heavy (non-hydrogen) atoms. The van der Waals surface area contributed by atoms with E-state index in [0.717, 1.165) is 57.8 Å². The Bertz CT molecular complexity index is 893. The molecule has 0 aromatic rings. The highest BCUT2D eigenvalue weighted by atomic mass is 16.5. The van der Waals surface area contributed by atoms with Gasteiger partial charge in [-0.1, -0.05) is 244 Å². The molecule has 0 heterocycles. The van der Waals surface area contributed by atoms with Crippen LogP contribution in [0.1, 0.15) is 296 Å². The minimum absolute atomic E-state index is 0.0272. The number of carbonyl (C=O) groups is 2. The lowest BCUT2D eigenvalue weighted by Gasteiger charge is -2.22. The van der Waals surface area contributed by atoms with E-state index in [0.29, 0.717) is 25.9 Å². The molecule has 0 saturated heterocycles. The first-order valence-electron chi connectivity index (χ1n) is 26.9. The van der Waals surface area contributed by atoms with Gasteiger partial charge in [0.25, 0.3) is 0 Å². The first kappa shape index (κ1) is 58.6. The molecule has 1 amide bonds. The zero-order chi connectivity index (χ0) is 43.7. The lowest BCUT2D eigenvalue weighted by atomic mass is 10.0. The van der Waals surface area contributed by atoms with Crippen molar-refractivity contribution < 1.29 is 24.5 Å². The fourth-order valence-corrected chi connectivity index (χ4v) is 8.40. The van der Waals surface area contributed by atoms with Crippen molar-refractivity contribution in [3.63, 3.8) is 0 Å². The standard InChI is InChI=1S/C54H105NO5/c1-3-5-7-9-11-13-15-17-18-19-20-21-22-23-25-26-30-34-38-42-46-52(57)51(50-56)55-53(58)47-43-39-35-31-28-29-33-37-41-45-49-60-54(59)48-44-40-36-32-27-24-16-14-12-10-8-6-4-2/h14,16,51-52,56-57H,3-13,15,17-50H2,1-2H3,(H,55,58)/b16-14-. The Morgan fingerprint density at radius 1 is 0.450 bits per heavy atom. The molecule has 0 aliphatic carbocycles. The molecule has 2 unspecified atom stereocenters. The molecular weight excluding hydrogens is 743 g/mol.